The van der Waals surface area contributed by atoms with E-state index in [0.29, 0.717) is 5.92 Å². The number of aromatic carboxylic acids is 1. The van der Waals surface area contributed by atoms with Crippen molar-refractivity contribution in [3.8, 4) is 0 Å². The lowest BCUT2D eigenvalue weighted by molar-refractivity contribution is -0.0434. The van der Waals surface area contributed by atoms with Gasteiger partial charge in [0.15, 0.2) is 0 Å². The van der Waals surface area contributed by atoms with Gasteiger partial charge in [-0.1, -0.05) is 0 Å². The fourth-order valence-electron chi connectivity index (χ4n) is 5.41. The van der Waals surface area contributed by atoms with E-state index in [0.717, 1.165) is 35.9 Å². The third kappa shape index (κ3) is 1.80. The lowest BCUT2D eigenvalue weighted by atomic mass is 9.52. The minimum atomic E-state index is -0.901. The minimum Gasteiger partial charge on any atom is -0.475 e. The number of hydrogen-bond acceptors (Lipinski definition) is 2. The molecule has 0 atom stereocenters. The first-order valence-electron chi connectivity index (χ1n) is 7.87. The molecule has 1 N–H and O–H groups in total. The van der Waals surface area contributed by atoms with Crippen molar-refractivity contribution in [1.29, 1.82) is 0 Å². The highest BCUT2D eigenvalue weighted by molar-refractivity contribution is 5.83. The molecule has 0 aromatic carbocycles. The summed E-state index contributed by atoms with van der Waals surface area (Å²) in [5.74, 6) is 3.59. The number of carbonyl (C=O) groups is 1. The Kier molecular flexibility index (Phi) is 2.69. The zero-order valence-corrected chi connectivity index (χ0v) is 12.0. The number of imidazole rings is 1. The van der Waals surface area contributed by atoms with Crippen LogP contribution in [0.25, 0.3) is 0 Å². The Morgan fingerprint density at radius 2 is 1.85 bits per heavy atom. The molecule has 4 aliphatic rings. The lowest BCUT2D eigenvalue weighted by Crippen LogP contribution is -2.46. The molecule has 0 radical (unpaired) electrons. The van der Waals surface area contributed by atoms with Crippen molar-refractivity contribution in [2.24, 2.45) is 29.6 Å². The van der Waals surface area contributed by atoms with Crippen molar-refractivity contribution in [2.45, 2.75) is 45.6 Å². The zero-order chi connectivity index (χ0) is 13.9. The van der Waals surface area contributed by atoms with Gasteiger partial charge in [0.2, 0.25) is 5.82 Å². The third-order valence-electron chi connectivity index (χ3n) is 6.06. The molecule has 0 unspecified atom stereocenters. The molecule has 20 heavy (non-hydrogen) atoms. The summed E-state index contributed by atoms with van der Waals surface area (Å²) in [6.45, 7) is 2.83. The molecule has 1 aromatic heterocycles. The number of carboxylic acids is 1. The molecule has 4 aliphatic carbocycles. The largest absolute Gasteiger partial charge is 0.475 e. The smallest absolute Gasteiger partial charge is 0.372 e. The Morgan fingerprint density at radius 3 is 2.40 bits per heavy atom. The molecule has 4 fully saturated rings. The van der Waals surface area contributed by atoms with Gasteiger partial charge >= 0.3 is 5.97 Å². The molecule has 0 aliphatic heterocycles. The Hall–Kier alpha value is -1.32. The molecule has 1 aromatic rings. The van der Waals surface area contributed by atoms with Crippen LogP contribution >= 0.6 is 0 Å². The van der Waals surface area contributed by atoms with E-state index < -0.39 is 5.97 Å². The number of rotatable bonds is 3. The minimum absolute atomic E-state index is 0.219. The fourth-order valence-corrected chi connectivity index (χ4v) is 5.41. The SMILES string of the molecule is Cc1cnc(C(=O)O)n1CC1C2CC3CC(C2)CC1C3. The molecule has 0 amide bonds. The van der Waals surface area contributed by atoms with E-state index in [1.54, 1.807) is 6.20 Å². The van der Waals surface area contributed by atoms with Crippen molar-refractivity contribution < 1.29 is 9.90 Å². The van der Waals surface area contributed by atoms with Crippen LogP contribution in [0.4, 0.5) is 0 Å². The van der Waals surface area contributed by atoms with Gasteiger partial charge in [0.05, 0.1) is 0 Å². The van der Waals surface area contributed by atoms with Gasteiger partial charge in [-0.05, 0) is 68.6 Å². The second-order valence-electron chi connectivity index (χ2n) is 7.23. The highest BCUT2D eigenvalue weighted by Crippen LogP contribution is 2.56. The highest BCUT2D eigenvalue weighted by atomic mass is 16.4. The lowest BCUT2D eigenvalue weighted by Gasteiger charge is -2.54. The first kappa shape index (κ1) is 12.4. The van der Waals surface area contributed by atoms with Crippen LogP contribution < -0.4 is 0 Å². The standard InChI is InChI=1S/C16H22N2O2/c1-9-7-17-15(16(19)20)18(9)8-14-12-3-10-2-11(5-12)6-13(14)4-10/h7,10-14H,2-6,8H2,1H3,(H,19,20). The third-order valence-corrected chi connectivity index (χ3v) is 6.06. The van der Waals surface area contributed by atoms with Crippen molar-refractivity contribution in [3.63, 3.8) is 0 Å². The van der Waals surface area contributed by atoms with Crippen LogP contribution in [0.2, 0.25) is 0 Å². The molecule has 0 spiro atoms. The maximum atomic E-state index is 11.3. The molecule has 4 saturated carbocycles. The summed E-state index contributed by atoms with van der Waals surface area (Å²) in [6.07, 6.45) is 8.69. The Labute approximate surface area is 119 Å². The number of aromatic nitrogens is 2. The summed E-state index contributed by atoms with van der Waals surface area (Å²) in [6, 6.07) is 0. The summed E-state index contributed by atoms with van der Waals surface area (Å²) < 4.78 is 1.94. The van der Waals surface area contributed by atoms with Crippen LogP contribution in [-0.4, -0.2) is 20.6 Å². The first-order chi connectivity index (χ1) is 9.61. The van der Waals surface area contributed by atoms with Crippen LogP contribution in [0, 0.1) is 36.5 Å². The van der Waals surface area contributed by atoms with E-state index in [-0.39, 0.29) is 5.82 Å². The average Bonchev–Trinajstić information content (AvgIpc) is 2.74. The van der Waals surface area contributed by atoms with E-state index in [4.69, 9.17) is 0 Å². The summed E-state index contributed by atoms with van der Waals surface area (Å²) in [5, 5.41) is 9.28. The van der Waals surface area contributed by atoms with Crippen molar-refractivity contribution in [1.82, 2.24) is 9.55 Å². The van der Waals surface area contributed by atoms with Gasteiger partial charge in [-0.2, -0.15) is 0 Å². The van der Waals surface area contributed by atoms with Gasteiger partial charge in [0, 0.05) is 18.4 Å². The van der Waals surface area contributed by atoms with Crippen molar-refractivity contribution in [2.75, 3.05) is 0 Å². The van der Waals surface area contributed by atoms with Gasteiger partial charge < -0.3 is 9.67 Å². The fraction of sp³-hybridized carbons (Fsp3) is 0.750. The highest BCUT2D eigenvalue weighted by Gasteiger charge is 2.48. The van der Waals surface area contributed by atoms with Crippen LogP contribution in [0.3, 0.4) is 0 Å². The first-order valence-corrected chi connectivity index (χ1v) is 7.87. The Bertz CT molecular complexity index is 521. The predicted octanol–water partition coefficient (Wildman–Crippen LogP) is 2.96. The number of aryl methyl sites for hydroxylation is 1. The van der Waals surface area contributed by atoms with Gasteiger partial charge in [0.25, 0.3) is 0 Å². The molecular formula is C16H22N2O2. The van der Waals surface area contributed by atoms with E-state index in [2.05, 4.69) is 4.98 Å². The summed E-state index contributed by atoms with van der Waals surface area (Å²) >= 11 is 0. The molecule has 4 heteroatoms. The van der Waals surface area contributed by atoms with Gasteiger partial charge in [-0.15, -0.1) is 0 Å². The Morgan fingerprint density at radius 1 is 1.25 bits per heavy atom. The maximum absolute atomic E-state index is 11.3. The van der Waals surface area contributed by atoms with Crippen LogP contribution in [-0.2, 0) is 6.54 Å². The topological polar surface area (TPSA) is 55.1 Å². The van der Waals surface area contributed by atoms with Crippen molar-refractivity contribution >= 4 is 5.97 Å². The van der Waals surface area contributed by atoms with Crippen LogP contribution in [0.15, 0.2) is 6.20 Å². The summed E-state index contributed by atoms with van der Waals surface area (Å²) in [7, 11) is 0. The average molecular weight is 274 g/mol. The molecule has 1 heterocycles. The second-order valence-corrected chi connectivity index (χ2v) is 7.23. The van der Waals surface area contributed by atoms with Gasteiger partial charge in [-0.3, -0.25) is 0 Å². The Balaban J connectivity index is 1.60. The monoisotopic (exact) mass is 274 g/mol. The summed E-state index contributed by atoms with van der Waals surface area (Å²) in [4.78, 5) is 15.4. The molecule has 0 saturated heterocycles. The molecule has 4 bridgehead atoms. The number of hydrogen-bond donors (Lipinski definition) is 1. The van der Waals surface area contributed by atoms with E-state index in [1.165, 1.54) is 32.1 Å². The van der Waals surface area contributed by atoms with Gasteiger partial charge in [-0.25, -0.2) is 9.78 Å². The van der Waals surface area contributed by atoms with Crippen LogP contribution in [0.1, 0.15) is 48.4 Å². The molecular weight excluding hydrogens is 252 g/mol. The van der Waals surface area contributed by atoms with Crippen molar-refractivity contribution in [3.05, 3.63) is 17.7 Å². The number of nitrogens with zero attached hydrogens (tertiary/aromatic N) is 2. The normalized spacial score (nSPS) is 38.4. The van der Waals surface area contributed by atoms with E-state index in [9.17, 15) is 9.90 Å². The summed E-state index contributed by atoms with van der Waals surface area (Å²) in [5.41, 5.74) is 0.983. The number of carboxylic acid groups (broad SMARTS) is 1. The maximum Gasteiger partial charge on any atom is 0.372 e. The quantitative estimate of drug-likeness (QED) is 0.922. The van der Waals surface area contributed by atoms with Gasteiger partial charge in [0.1, 0.15) is 0 Å². The predicted molar refractivity (Wildman–Crippen MR) is 74.5 cm³/mol. The second kappa shape index (κ2) is 4.34. The molecule has 5 rings (SSSR count). The molecule has 108 valence electrons. The van der Waals surface area contributed by atoms with E-state index in [1.807, 2.05) is 11.5 Å². The molecule has 4 nitrogen and oxygen atoms in total. The van der Waals surface area contributed by atoms with E-state index >= 15 is 0 Å². The zero-order valence-electron chi connectivity index (χ0n) is 12.0. The van der Waals surface area contributed by atoms with Crippen LogP contribution in [0.5, 0.6) is 0 Å².